The van der Waals surface area contributed by atoms with Crippen LogP contribution in [0.1, 0.15) is 29.3 Å². The maximum Gasteiger partial charge on any atom is 0.327 e. The highest BCUT2D eigenvalue weighted by atomic mass is 35.5. The van der Waals surface area contributed by atoms with Crippen molar-refractivity contribution in [3.05, 3.63) is 95.0 Å². The van der Waals surface area contributed by atoms with Crippen molar-refractivity contribution in [2.75, 3.05) is 12.3 Å². The molecule has 3 amide bonds. The van der Waals surface area contributed by atoms with E-state index in [4.69, 9.17) is 11.6 Å². The maximum absolute atomic E-state index is 13.1. The Labute approximate surface area is 214 Å². The lowest BCUT2D eigenvalue weighted by Gasteiger charge is -2.23. The molecule has 0 aliphatic rings. The van der Waals surface area contributed by atoms with Crippen LogP contribution in [0.25, 0.3) is 11.1 Å². The number of amides is 3. The molecule has 0 bridgehead atoms. The predicted molar refractivity (Wildman–Crippen MR) is 141 cm³/mol. The summed E-state index contributed by atoms with van der Waals surface area (Å²) < 4.78 is 0. The topological polar surface area (TPSA) is 86.7 Å². The fraction of sp³-hybridized carbons (Fsp3) is 0.222. The van der Waals surface area contributed by atoms with E-state index in [-0.39, 0.29) is 12.3 Å². The molecule has 1 atom stereocenters. The molecule has 0 aromatic heterocycles. The molecule has 0 aliphatic carbocycles. The van der Waals surface area contributed by atoms with E-state index in [0.29, 0.717) is 22.8 Å². The van der Waals surface area contributed by atoms with E-state index in [9.17, 15) is 19.5 Å². The number of rotatable bonds is 10. The Morgan fingerprint density at radius 2 is 1.63 bits per heavy atom. The number of aliphatic carboxylic acids is 1. The highest BCUT2D eigenvalue weighted by molar-refractivity contribution is 7.98. The molecular formula is C27H27ClN2O4S. The maximum atomic E-state index is 13.1. The quantitative estimate of drug-likeness (QED) is 0.351. The third-order valence-corrected chi connectivity index (χ3v) is 6.68. The monoisotopic (exact) mass is 510 g/mol. The van der Waals surface area contributed by atoms with Crippen LogP contribution in [0.4, 0.5) is 4.79 Å². The zero-order chi connectivity index (χ0) is 25.2. The van der Waals surface area contributed by atoms with Crippen LogP contribution in [-0.4, -0.2) is 46.3 Å². The molecule has 0 fully saturated rings. The second-order valence-electron chi connectivity index (χ2n) is 7.86. The highest BCUT2D eigenvalue weighted by Gasteiger charge is 2.27. The van der Waals surface area contributed by atoms with Crippen molar-refractivity contribution in [1.29, 1.82) is 0 Å². The Hall–Kier alpha value is -3.29. The molecule has 0 saturated carbocycles. The van der Waals surface area contributed by atoms with Crippen LogP contribution < -0.4 is 5.32 Å². The van der Waals surface area contributed by atoms with Crippen LogP contribution in [0.15, 0.2) is 78.9 Å². The van der Waals surface area contributed by atoms with Crippen molar-refractivity contribution in [2.24, 2.45) is 0 Å². The molecule has 0 heterocycles. The van der Waals surface area contributed by atoms with Gasteiger partial charge in [-0.2, -0.15) is 11.8 Å². The number of halogens is 1. The molecule has 2 N–H and O–H groups in total. The Kier molecular flexibility index (Phi) is 9.76. The number of carboxylic acid groups (broad SMARTS) is 1. The highest BCUT2D eigenvalue weighted by Crippen LogP contribution is 2.27. The van der Waals surface area contributed by atoms with E-state index in [1.54, 1.807) is 30.3 Å². The van der Waals surface area contributed by atoms with Crippen LogP contribution in [-0.2, 0) is 10.5 Å². The lowest BCUT2D eigenvalue weighted by molar-refractivity contribution is -0.138. The van der Waals surface area contributed by atoms with Gasteiger partial charge in [0.25, 0.3) is 5.91 Å². The fourth-order valence-electron chi connectivity index (χ4n) is 3.43. The molecule has 0 radical (unpaired) electrons. The van der Waals surface area contributed by atoms with Crippen molar-refractivity contribution in [2.45, 2.75) is 25.1 Å². The minimum absolute atomic E-state index is 0.167. The first-order chi connectivity index (χ1) is 16.9. The van der Waals surface area contributed by atoms with Crippen molar-refractivity contribution in [1.82, 2.24) is 10.2 Å². The summed E-state index contributed by atoms with van der Waals surface area (Å²) in [5.74, 6) is -0.838. The van der Waals surface area contributed by atoms with Crippen LogP contribution in [0.2, 0.25) is 5.02 Å². The van der Waals surface area contributed by atoms with Gasteiger partial charge in [-0.15, -0.1) is 0 Å². The summed E-state index contributed by atoms with van der Waals surface area (Å²) >= 11 is 7.67. The van der Waals surface area contributed by atoms with Crippen LogP contribution >= 0.6 is 23.4 Å². The average molecular weight is 511 g/mol. The molecule has 0 spiro atoms. The van der Waals surface area contributed by atoms with Gasteiger partial charge < -0.3 is 10.4 Å². The summed E-state index contributed by atoms with van der Waals surface area (Å²) in [6.45, 7) is 2.01. The number of carboxylic acids is 1. The molecule has 35 heavy (non-hydrogen) atoms. The molecule has 0 aliphatic heterocycles. The van der Waals surface area contributed by atoms with Crippen molar-refractivity contribution >= 4 is 41.3 Å². The van der Waals surface area contributed by atoms with E-state index < -0.39 is 23.9 Å². The number of hydrogen-bond donors (Lipinski definition) is 2. The van der Waals surface area contributed by atoms with E-state index in [1.807, 2.05) is 55.5 Å². The Balaban J connectivity index is 1.67. The summed E-state index contributed by atoms with van der Waals surface area (Å²) in [6.07, 6.45) is 0.539. The summed E-state index contributed by atoms with van der Waals surface area (Å²) in [6, 6.07) is 22.1. The van der Waals surface area contributed by atoms with Crippen molar-refractivity contribution in [3.63, 3.8) is 0 Å². The molecule has 182 valence electrons. The molecule has 6 nitrogen and oxygen atoms in total. The number of thioether (sulfide) groups is 1. The van der Waals surface area contributed by atoms with Gasteiger partial charge >= 0.3 is 12.0 Å². The summed E-state index contributed by atoms with van der Waals surface area (Å²) in [5, 5.41) is 12.7. The average Bonchev–Trinajstić information content (AvgIpc) is 2.87. The zero-order valence-corrected chi connectivity index (χ0v) is 20.9. The third kappa shape index (κ3) is 7.34. The lowest BCUT2D eigenvalue weighted by atomic mass is 10.0. The molecule has 0 saturated heterocycles. The number of carbonyl (C=O) groups excluding carboxylic acids is 2. The van der Waals surface area contributed by atoms with Gasteiger partial charge in [0.15, 0.2) is 0 Å². The molecule has 3 aromatic carbocycles. The van der Waals surface area contributed by atoms with E-state index in [1.165, 1.54) is 11.8 Å². The number of nitrogens with zero attached hydrogens (tertiary/aromatic N) is 1. The number of nitrogens with one attached hydrogen (secondary N) is 1. The van der Waals surface area contributed by atoms with Gasteiger partial charge in [-0.05, 0) is 35.7 Å². The summed E-state index contributed by atoms with van der Waals surface area (Å²) in [5.41, 5.74) is 3.08. The minimum atomic E-state index is -1.15. The van der Waals surface area contributed by atoms with E-state index >= 15 is 0 Å². The standard InChI is InChI=1S/C27H27ClN2O4S/c1-2-16-30(25(31)21-14-12-20(13-15-21)22-10-6-7-11-23(22)28)27(34)29-24(26(32)33)18-35-17-19-8-4-3-5-9-19/h3-15,24H,2,16-18H2,1H3,(H,29,34)(H,32,33)/t24-/m0/s1. The first kappa shape index (κ1) is 26.3. The van der Waals surface area contributed by atoms with Crippen molar-refractivity contribution < 1.29 is 19.5 Å². The SMILES string of the molecule is CCCN(C(=O)N[C@@H](CSCc1ccccc1)C(=O)O)C(=O)c1ccc(-c2ccccc2Cl)cc1. The van der Waals surface area contributed by atoms with Crippen LogP contribution in [0.3, 0.4) is 0 Å². The first-order valence-corrected chi connectivity index (χ1v) is 12.8. The van der Waals surface area contributed by atoms with Gasteiger partial charge in [0.1, 0.15) is 6.04 Å². The summed E-state index contributed by atoms with van der Waals surface area (Å²) in [4.78, 5) is 38.9. The summed E-state index contributed by atoms with van der Waals surface area (Å²) in [7, 11) is 0. The molecule has 3 aromatic rings. The molecule has 3 rings (SSSR count). The minimum Gasteiger partial charge on any atom is -0.480 e. The van der Waals surface area contributed by atoms with Crippen LogP contribution in [0, 0.1) is 0 Å². The lowest BCUT2D eigenvalue weighted by Crippen LogP contribution is -2.51. The van der Waals surface area contributed by atoms with Gasteiger partial charge in [-0.3, -0.25) is 9.69 Å². The third-order valence-electron chi connectivity index (χ3n) is 5.25. The number of urea groups is 1. The van der Waals surface area contributed by atoms with Gasteiger partial charge in [0.05, 0.1) is 0 Å². The Morgan fingerprint density at radius 3 is 2.26 bits per heavy atom. The van der Waals surface area contributed by atoms with Gasteiger partial charge in [-0.1, -0.05) is 79.2 Å². The van der Waals surface area contributed by atoms with E-state index in [0.717, 1.165) is 21.6 Å². The molecule has 8 heteroatoms. The van der Waals surface area contributed by atoms with E-state index in [2.05, 4.69) is 5.32 Å². The first-order valence-electron chi connectivity index (χ1n) is 11.2. The van der Waals surface area contributed by atoms with Crippen LogP contribution in [0.5, 0.6) is 0 Å². The Bertz CT molecular complexity index is 1160. The number of hydrogen-bond acceptors (Lipinski definition) is 4. The van der Waals surface area contributed by atoms with Gasteiger partial charge in [-0.25, -0.2) is 9.59 Å². The number of imide groups is 1. The molecular weight excluding hydrogens is 484 g/mol. The smallest absolute Gasteiger partial charge is 0.327 e. The van der Waals surface area contributed by atoms with Crippen molar-refractivity contribution in [3.8, 4) is 11.1 Å². The zero-order valence-electron chi connectivity index (χ0n) is 19.3. The Morgan fingerprint density at radius 1 is 0.971 bits per heavy atom. The second kappa shape index (κ2) is 13.0. The normalized spacial score (nSPS) is 11.5. The van der Waals surface area contributed by atoms with Gasteiger partial charge in [0.2, 0.25) is 0 Å². The number of carbonyl (C=O) groups is 3. The van der Waals surface area contributed by atoms with Gasteiger partial charge in [0, 0.05) is 34.2 Å². The number of benzene rings is 3. The predicted octanol–water partition coefficient (Wildman–Crippen LogP) is 5.96. The largest absolute Gasteiger partial charge is 0.480 e. The molecule has 0 unspecified atom stereocenters. The second-order valence-corrected chi connectivity index (χ2v) is 9.29. The fourth-order valence-corrected chi connectivity index (χ4v) is 4.69.